The van der Waals surface area contributed by atoms with Crippen LogP contribution in [0.15, 0.2) is 41.8 Å². The van der Waals surface area contributed by atoms with Crippen molar-refractivity contribution in [2.24, 2.45) is 5.16 Å². The minimum atomic E-state index is -0.396. The molecule has 1 N–H and O–H groups in total. The first-order chi connectivity index (χ1) is 9.76. The van der Waals surface area contributed by atoms with Crippen molar-refractivity contribution >= 4 is 5.71 Å². The van der Waals surface area contributed by atoms with Crippen LogP contribution in [0.2, 0.25) is 0 Å². The second-order valence-corrected chi connectivity index (χ2v) is 4.29. The average Bonchev–Trinajstić information content (AvgIpc) is 2.87. The second kappa shape index (κ2) is 5.16. The van der Waals surface area contributed by atoms with Gasteiger partial charge in [0.15, 0.2) is 0 Å². The standard InChI is InChI=1S/C14H11FN2O3/c15-10-3-9(5-16-6-10)7-19-11-1-2-12-13(17-18)8-20-14(12)4-11/h1-6,18H,7-8H2/b17-13-. The molecule has 0 fully saturated rings. The maximum Gasteiger partial charge on any atom is 0.141 e. The number of benzene rings is 1. The van der Waals surface area contributed by atoms with Crippen molar-refractivity contribution in [3.63, 3.8) is 0 Å². The van der Waals surface area contributed by atoms with E-state index in [-0.39, 0.29) is 13.2 Å². The van der Waals surface area contributed by atoms with Crippen molar-refractivity contribution in [3.05, 3.63) is 53.6 Å². The van der Waals surface area contributed by atoms with E-state index >= 15 is 0 Å². The summed E-state index contributed by atoms with van der Waals surface area (Å²) in [6.45, 7) is 0.452. The van der Waals surface area contributed by atoms with Gasteiger partial charge < -0.3 is 14.7 Å². The number of ether oxygens (including phenoxy) is 2. The molecule has 0 atom stereocenters. The predicted molar refractivity (Wildman–Crippen MR) is 68.8 cm³/mol. The number of fused-ring (bicyclic) bond motifs is 1. The first kappa shape index (κ1) is 12.4. The first-order valence-electron chi connectivity index (χ1n) is 5.96. The highest BCUT2D eigenvalue weighted by Crippen LogP contribution is 2.30. The zero-order chi connectivity index (χ0) is 13.9. The Kier molecular flexibility index (Phi) is 3.20. The molecular weight excluding hydrogens is 263 g/mol. The molecule has 1 aromatic carbocycles. The number of oxime groups is 1. The summed E-state index contributed by atoms with van der Waals surface area (Å²) in [6.07, 6.45) is 2.69. The Balaban J connectivity index is 1.73. The quantitative estimate of drug-likeness (QED) is 0.689. The number of rotatable bonds is 3. The smallest absolute Gasteiger partial charge is 0.141 e. The molecule has 6 heteroatoms. The molecule has 0 radical (unpaired) electrons. The molecule has 0 spiro atoms. The van der Waals surface area contributed by atoms with E-state index in [2.05, 4.69) is 10.1 Å². The molecule has 20 heavy (non-hydrogen) atoms. The van der Waals surface area contributed by atoms with Gasteiger partial charge in [-0.2, -0.15) is 0 Å². The number of hydrogen-bond donors (Lipinski definition) is 1. The molecule has 1 aliphatic rings. The monoisotopic (exact) mass is 274 g/mol. The van der Waals surface area contributed by atoms with Gasteiger partial charge in [0.05, 0.1) is 6.20 Å². The first-order valence-corrected chi connectivity index (χ1v) is 5.96. The van der Waals surface area contributed by atoms with Gasteiger partial charge in [-0.1, -0.05) is 5.16 Å². The van der Waals surface area contributed by atoms with E-state index in [9.17, 15) is 4.39 Å². The number of aromatic nitrogens is 1. The predicted octanol–water partition coefficient (Wildman–Crippen LogP) is 2.37. The van der Waals surface area contributed by atoms with Gasteiger partial charge in [-0.3, -0.25) is 4.98 Å². The SMILES string of the molecule is O/N=C1/COc2cc(OCc3cncc(F)c3)ccc21. The fourth-order valence-corrected chi connectivity index (χ4v) is 1.96. The van der Waals surface area contributed by atoms with Crippen LogP contribution in [0.1, 0.15) is 11.1 Å². The van der Waals surface area contributed by atoms with E-state index in [1.807, 2.05) is 0 Å². The van der Waals surface area contributed by atoms with Crippen molar-refractivity contribution in [3.8, 4) is 11.5 Å². The van der Waals surface area contributed by atoms with E-state index in [0.29, 0.717) is 22.8 Å². The molecule has 102 valence electrons. The molecule has 2 heterocycles. The third-order valence-electron chi connectivity index (χ3n) is 2.92. The summed E-state index contributed by atoms with van der Waals surface area (Å²) in [4.78, 5) is 3.75. The third-order valence-corrected chi connectivity index (χ3v) is 2.92. The van der Waals surface area contributed by atoms with Crippen molar-refractivity contribution in [2.45, 2.75) is 6.61 Å². The van der Waals surface area contributed by atoms with Crippen LogP contribution in [0, 0.1) is 5.82 Å². The van der Waals surface area contributed by atoms with Crippen LogP contribution < -0.4 is 9.47 Å². The molecule has 0 aliphatic carbocycles. The molecule has 1 aromatic heterocycles. The van der Waals surface area contributed by atoms with Crippen molar-refractivity contribution in [2.75, 3.05) is 6.61 Å². The summed E-state index contributed by atoms with van der Waals surface area (Å²) in [7, 11) is 0. The van der Waals surface area contributed by atoms with Crippen molar-refractivity contribution in [1.29, 1.82) is 0 Å². The fraction of sp³-hybridized carbons (Fsp3) is 0.143. The van der Waals surface area contributed by atoms with Gasteiger partial charge in [0.1, 0.15) is 36.2 Å². The Hall–Kier alpha value is -2.63. The molecule has 0 saturated heterocycles. The average molecular weight is 274 g/mol. The summed E-state index contributed by atoms with van der Waals surface area (Å²) in [6, 6.07) is 6.58. The highest BCUT2D eigenvalue weighted by Gasteiger charge is 2.20. The summed E-state index contributed by atoms with van der Waals surface area (Å²) in [5.41, 5.74) is 1.87. The Morgan fingerprint density at radius 1 is 1.35 bits per heavy atom. The van der Waals surface area contributed by atoms with Crippen LogP contribution in [0.5, 0.6) is 11.5 Å². The summed E-state index contributed by atoms with van der Waals surface area (Å²) in [5, 5.41) is 12.0. The normalized spacial score (nSPS) is 14.9. The van der Waals surface area contributed by atoms with E-state index in [1.54, 1.807) is 24.4 Å². The Morgan fingerprint density at radius 3 is 3.05 bits per heavy atom. The minimum absolute atomic E-state index is 0.213. The minimum Gasteiger partial charge on any atom is -0.489 e. The Labute approximate surface area is 114 Å². The number of nitrogens with zero attached hydrogens (tertiary/aromatic N) is 2. The molecule has 0 saturated carbocycles. The van der Waals surface area contributed by atoms with Crippen molar-refractivity contribution < 1.29 is 19.1 Å². The Bertz CT molecular complexity index is 673. The Morgan fingerprint density at radius 2 is 2.25 bits per heavy atom. The van der Waals surface area contributed by atoms with Crippen LogP contribution >= 0.6 is 0 Å². The summed E-state index contributed by atoms with van der Waals surface area (Å²) >= 11 is 0. The van der Waals surface area contributed by atoms with Gasteiger partial charge in [-0.05, 0) is 18.2 Å². The molecule has 1 aliphatic heterocycles. The highest BCUT2D eigenvalue weighted by atomic mass is 19.1. The topological polar surface area (TPSA) is 63.9 Å². The van der Waals surface area contributed by atoms with Gasteiger partial charge in [0.2, 0.25) is 0 Å². The fourth-order valence-electron chi connectivity index (χ4n) is 1.96. The lowest BCUT2D eigenvalue weighted by Crippen LogP contribution is -2.01. The summed E-state index contributed by atoms with van der Waals surface area (Å²) < 4.78 is 23.9. The van der Waals surface area contributed by atoms with Gasteiger partial charge in [-0.15, -0.1) is 0 Å². The lowest BCUT2D eigenvalue weighted by molar-refractivity contribution is 0.301. The maximum atomic E-state index is 13.0. The van der Waals surface area contributed by atoms with Crippen LogP contribution in [0.25, 0.3) is 0 Å². The molecule has 0 unspecified atom stereocenters. The lowest BCUT2D eigenvalue weighted by atomic mass is 10.1. The van der Waals surface area contributed by atoms with Gasteiger partial charge in [-0.25, -0.2) is 4.39 Å². The molecule has 0 bridgehead atoms. The van der Waals surface area contributed by atoms with Gasteiger partial charge in [0, 0.05) is 23.4 Å². The maximum absolute atomic E-state index is 13.0. The van der Waals surface area contributed by atoms with Crippen LogP contribution in [0.4, 0.5) is 4.39 Å². The van der Waals surface area contributed by atoms with Crippen LogP contribution in [-0.4, -0.2) is 22.5 Å². The number of halogens is 1. The van der Waals surface area contributed by atoms with Crippen LogP contribution in [-0.2, 0) is 6.61 Å². The number of pyridine rings is 1. The van der Waals surface area contributed by atoms with Crippen molar-refractivity contribution in [1.82, 2.24) is 4.98 Å². The zero-order valence-electron chi connectivity index (χ0n) is 10.4. The largest absolute Gasteiger partial charge is 0.489 e. The van der Waals surface area contributed by atoms with Crippen LogP contribution in [0.3, 0.4) is 0 Å². The zero-order valence-corrected chi connectivity index (χ0v) is 10.4. The highest BCUT2D eigenvalue weighted by molar-refractivity contribution is 6.05. The second-order valence-electron chi connectivity index (χ2n) is 4.29. The van der Waals surface area contributed by atoms with Gasteiger partial charge in [0.25, 0.3) is 0 Å². The van der Waals surface area contributed by atoms with E-state index in [0.717, 1.165) is 11.8 Å². The lowest BCUT2D eigenvalue weighted by Gasteiger charge is -2.07. The van der Waals surface area contributed by atoms with E-state index in [1.165, 1.54) is 6.07 Å². The third kappa shape index (κ3) is 2.40. The number of hydrogen-bond acceptors (Lipinski definition) is 5. The molecule has 5 nitrogen and oxygen atoms in total. The van der Waals surface area contributed by atoms with E-state index in [4.69, 9.17) is 14.7 Å². The van der Waals surface area contributed by atoms with E-state index < -0.39 is 5.82 Å². The molecule has 0 amide bonds. The molecular formula is C14H11FN2O3. The van der Waals surface area contributed by atoms with Gasteiger partial charge >= 0.3 is 0 Å². The molecule has 3 rings (SSSR count). The summed E-state index contributed by atoms with van der Waals surface area (Å²) in [5.74, 6) is 0.798. The molecule has 2 aromatic rings.